The van der Waals surface area contributed by atoms with Crippen molar-refractivity contribution in [3.8, 4) is 0 Å². The fourth-order valence-corrected chi connectivity index (χ4v) is 1.30. The van der Waals surface area contributed by atoms with Crippen LogP contribution in [0.15, 0.2) is 12.2 Å². The van der Waals surface area contributed by atoms with Crippen LogP contribution >= 0.6 is 0 Å². The van der Waals surface area contributed by atoms with Crippen molar-refractivity contribution in [2.24, 2.45) is 0 Å². The molecule has 0 radical (unpaired) electrons. The average Bonchev–Trinajstić information content (AvgIpc) is 2.47. The summed E-state index contributed by atoms with van der Waals surface area (Å²) in [4.78, 5) is 34.2. The van der Waals surface area contributed by atoms with Crippen LogP contribution < -0.4 is 0 Å². The topological polar surface area (TPSA) is 63.7 Å². The molecule has 0 aliphatic carbocycles. The lowest BCUT2D eigenvalue weighted by Crippen LogP contribution is -2.38. The third kappa shape index (κ3) is 2.90. The molecule has 5 heteroatoms. The Kier molecular flexibility index (Phi) is 3.60. The number of esters is 1. The second-order valence-electron chi connectivity index (χ2n) is 3.26. The molecule has 5 nitrogen and oxygen atoms in total. The van der Waals surface area contributed by atoms with Gasteiger partial charge in [-0.25, -0.2) is 0 Å². The first-order valence-electron chi connectivity index (χ1n) is 4.75. The number of hydrogen-bond acceptors (Lipinski definition) is 4. The van der Waals surface area contributed by atoms with Crippen molar-refractivity contribution in [3.05, 3.63) is 12.2 Å². The number of amides is 2. The van der Waals surface area contributed by atoms with Crippen LogP contribution in [0.5, 0.6) is 0 Å². The van der Waals surface area contributed by atoms with E-state index in [9.17, 15) is 14.4 Å². The van der Waals surface area contributed by atoms with E-state index >= 15 is 0 Å². The van der Waals surface area contributed by atoms with Gasteiger partial charge >= 0.3 is 5.97 Å². The van der Waals surface area contributed by atoms with Gasteiger partial charge in [-0.1, -0.05) is 6.92 Å². The molecule has 0 bridgehead atoms. The van der Waals surface area contributed by atoms with Gasteiger partial charge in [-0.2, -0.15) is 0 Å². The van der Waals surface area contributed by atoms with Gasteiger partial charge in [0.05, 0.1) is 6.54 Å². The summed E-state index contributed by atoms with van der Waals surface area (Å²) in [5, 5.41) is 0. The van der Waals surface area contributed by atoms with Gasteiger partial charge in [0.25, 0.3) is 11.8 Å². The molecule has 1 heterocycles. The molecule has 1 unspecified atom stereocenters. The van der Waals surface area contributed by atoms with Crippen molar-refractivity contribution in [3.63, 3.8) is 0 Å². The monoisotopic (exact) mass is 211 g/mol. The zero-order valence-corrected chi connectivity index (χ0v) is 8.73. The zero-order chi connectivity index (χ0) is 11.4. The summed E-state index contributed by atoms with van der Waals surface area (Å²) < 4.78 is 4.95. The van der Waals surface area contributed by atoms with Gasteiger partial charge < -0.3 is 4.74 Å². The van der Waals surface area contributed by atoms with E-state index in [-0.39, 0.29) is 18.4 Å². The molecule has 0 aromatic rings. The largest absolute Gasteiger partial charge is 0.461 e. The molecule has 0 N–H and O–H groups in total. The molecule has 1 aliphatic heterocycles. The van der Waals surface area contributed by atoms with Gasteiger partial charge in [0.15, 0.2) is 0 Å². The molecule has 1 aliphatic rings. The minimum Gasteiger partial charge on any atom is -0.461 e. The molecular weight excluding hydrogens is 198 g/mol. The molecule has 1 rings (SSSR count). The average molecular weight is 211 g/mol. The summed E-state index contributed by atoms with van der Waals surface area (Å²) in [7, 11) is 0. The molecule has 0 spiro atoms. The van der Waals surface area contributed by atoms with Crippen molar-refractivity contribution in [1.29, 1.82) is 0 Å². The summed E-state index contributed by atoms with van der Waals surface area (Å²) in [6, 6.07) is 0. The summed E-state index contributed by atoms with van der Waals surface area (Å²) in [6.45, 7) is 3.25. The van der Waals surface area contributed by atoms with Crippen LogP contribution in [0.1, 0.15) is 20.3 Å². The summed E-state index contributed by atoms with van der Waals surface area (Å²) in [6.07, 6.45) is 2.57. The molecule has 15 heavy (non-hydrogen) atoms. The van der Waals surface area contributed by atoms with E-state index in [1.165, 1.54) is 19.1 Å². The Morgan fingerprint density at radius 3 is 2.33 bits per heavy atom. The predicted octanol–water partition coefficient (Wildman–Crippen LogP) is 0.253. The van der Waals surface area contributed by atoms with Crippen molar-refractivity contribution < 1.29 is 19.1 Å². The minimum absolute atomic E-state index is 0.126. The maximum absolute atomic E-state index is 11.2. The van der Waals surface area contributed by atoms with Gasteiger partial charge in [0, 0.05) is 19.1 Å². The highest BCUT2D eigenvalue weighted by atomic mass is 16.5. The highest BCUT2D eigenvalue weighted by molar-refractivity contribution is 6.12. The van der Waals surface area contributed by atoms with Crippen LogP contribution in [0.3, 0.4) is 0 Å². The molecule has 82 valence electrons. The summed E-state index contributed by atoms with van der Waals surface area (Å²) in [5.74, 6) is -1.12. The van der Waals surface area contributed by atoms with Crippen molar-refractivity contribution >= 4 is 17.8 Å². The van der Waals surface area contributed by atoms with Crippen LogP contribution in [0.4, 0.5) is 0 Å². The summed E-state index contributed by atoms with van der Waals surface area (Å²) >= 11 is 0. The van der Waals surface area contributed by atoms with Gasteiger partial charge in [-0.05, 0) is 6.42 Å². The van der Waals surface area contributed by atoms with E-state index in [0.717, 1.165) is 4.90 Å². The first-order valence-corrected chi connectivity index (χ1v) is 4.75. The molecule has 1 atom stereocenters. The highest BCUT2D eigenvalue weighted by Gasteiger charge is 2.26. The Morgan fingerprint density at radius 2 is 1.93 bits per heavy atom. The Morgan fingerprint density at radius 1 is 1.40 bits per heavy atom. The first-order chi connectivity index (χ1) is 7.04. The second-order valence-corrected chi connectivity index (χ2v) is 3.26. The van der Waals surface area contributed by atoms with E-state index in [4.69, 9.17) is 4.74 Å². The number of carbonyl (C=O) groups is 3. The number of hydrogen-bond donors (Lipinski definition) is 0. The Bertz CT molecular complexity index is 303. The lowest BCUT2D eigenvalue weighted by atomic mass is 10.2. The van der Waals surface area contributed by atoms with E-state index in [2.05, 4.69) is 0 Å². The lowest BCUT2D eigenvalue weighted by Gasteiger charge is -2.20. The van der Waals surface area contributed by atoms with Gasteiger partial charge in [0.2, 0.25) is 0 Å². The summed E-state index contributed by atoms with van der Waals surface area (Å²) in [5.41, 5.74) is 0. The van der Waals surface area contributed by atoms with Crippen LogP contribution in [0.2, 0.25) is 0 Å². The fraction of sp³-hybridized carbons (Fsp3) is 0.500. The standard InChI is InChI=1S/C10H13NO4/c1-3-8(15-7(2)12)6-11-9(13)4-5-10(11)14/h4-5,8H,3,6H2,1-2H3. The minimum atomic E-state index is -0.421. The van der Waals surface area contributed by atoms with Crippen LogP contribution in [-0.2, 0) is 19.1 Å². The smallest absolute Gasteiger partial charge is 0.302 e. The number of ether oxygens (including phenoxy) is 1. The van der Waals surface area contributed by atoms with Crippen LogP contribution in [-0.4, -0.2) is 35.3 Å². The molecular formula is C10H13NO4. The van der Waals surface area contributed by atoms with E-state index < -0.39 is 12.1 Å². The second kappa shape index (κ2) is 4.72. The SMILES string of the molecule is CCC(CN1C(=O)C=CC1=O)OC(C)=O. The maximum atomic E-state index is 11.2. The number of imide groups is 1. The van der Waals surface area contributed by atoms with Gasteiger partial charge in [-0.3, -0.25) is 19.3 Å². The first kappa shape index (κ1) is 11.4. The maximum Gasteiger partial charge on any atom is 0.302 e. The van der Waals surface area contributed by atoms with Gasteiger partial charge in [-0.15, -0.1) is 0 Å². The lowest BCUT2D eigenvalue weighted by molar-refractivity contribution is -0.151. The molecule has 0 aromatic heterocycles. The molecule has 0 saturated heterocycles. The number of nitrogens with zero attached hydrogens (tertiary/aromatic N) is 1. The highest BCUT2D eigenvalue weighted by Crippen LogP contribution is 2.08. The van der Waals surface area contributed by atoms with Gasteiger partial charge in [0.1, 0.15) is 6.10 Å². The zero-order valence-electron chi connectivity index (χ0n) is 8.73. The quantitative estimate of drug-likeness (QED) is 0.494. The van der Waals surface area contributed by atoms with Crippen LogP contribution in [0, 0.1) is 0 Å². The number of rotatable bonds is 4. The molecule has 0 saturated carbocycles. The van der Waals surface area contributed by atoms with Crippen LogP contribution in [0.25, 0.3) is 0 Å². The Hall–Kier alpha value is -1.65. The molecule has 0 aromatic carbocycles. The Labute approximate surface area is 87.7 Å². The van der Waals surface area contributed by atoms with Crippen molar-refractivity contribution in [2.75, 3.05) is 6.54 Å². The van der Waals surface area contributed by atoms with E-state index in [1.54, 1.807) is 0 Å². The van der Waals surface area contributed by atoms with E-state index in [0.29, 0.717) is 6.42 Å². The number of carbonyl (C=O) groups excluding carboxylic acids is 3. The van der Waals surface area contributed by atoms with Crippen molar-refractivity contribution in [1.82, 2.24) is 4.90 Å². The van der Waals surface area contributed by atoms with E-state index in [1.807, 2.05) is 6.92 Å². The van der Waals surface area contributed by atoms with Crippen molar-refractivity contribution in [2.45, 2.75) is 26.4 Å². The molecule has 0 fully saturated rings. The molecule has 2 amide bonds. The third-order valence-corrected chi connectivity index (χ3v) is 2.07. The fourth-order valence-electron chi connectivity index (χ4n) is 1.30. The Balaban J connectivity index is 2.55. The normalized spacial score (nSPS) is 17.1. The predicted molar refractivity (Wildman–Crippen MR) is 51.7 cm³/mol. The third-order valence-electron chi connectivity index (χ3n) is 2.07.